The molecule has 4 rings (SSSR count). The van der Waals surface area contributed by atoms with Crippen molar-refractivity contribution >= 4 is 45.4 Å². The summed E-state index contributed by atoms with van der Waals surface area (Å²) in [4.78, 5) is 14.0. The van der Waals surface area contributed by atoms with E-state index >= 15 is 0 Å². The van der Waals surface area contributed by atoms with Gasteiger partial charge in [0.05, 0.1) is 15.6 Å². The van der Waals surface area contributed by atoms with Crippen LogP contribution >= 0.6 is 34.5 Å². The number of hydrogen-bond acceptors (Lipinski definition) is 3. The monoisotopic (exact) mass is 366 g/mol. The van der Waals surface area contributed by atoms with Crippen molar-refractivity contribution in [1.82, 2.24) is 5.32 Å². The van der Waals surface area contributed by atoms with Crippen LogP contribution in [0.5, 0.6) is 0 Å². The highest BCUT2D eigenvalue weighted by molar-refractivity contribution is 7.16. The molecule has 3 nitrogen and oxygen atoms in total. The molecule has 0 radical (unpaired) electrons. The van der Waals surface area contributed by atoms with E-state index in [0.717, 1.165) is 35.4 Å². The number of anilines is 1. The first-order valence-electron chi connectivity index (χ1n) is 7.70. The molecule has 1 aromatic heterocycles. The second kappa shape index (κ2) is 5.69. The quantitative estimate of drug-likeness (QED) is 0.742. The molecule has 23 heavy (non-hydrogen) atoms. The van der Waals surface area contributed by atoms with E-state index in [0.29, 0.717) is 16.0 Å². The average molecular weight is 367 g/mol. The minimum Gasteiger partial charge on any atom is -0.353 e. The van der Waals surface area contributed by atoms with Crippen LogP contribution in [0.3, 0.4) is 0 Å². The van der Waals surface area contributed by atoms with Gasteiger partial charge in [-0.25, -0.2) is 0 Å². The number of nitrogens with one attached hydrogen (secondary N) is 2. The smallest absolute Gasteiger partial charge is 0.256 e. The van der Waals surface area contributed by atoms with Crippen molar-refractivity contribution in [2.24, 2.45) is 5.92 Å². The Morgan fingerprint density at radius 1 is 1.26 bits per heavy atom. The lowest BCUT2D eigenvalue weighted by atomic mass is 9.88. The predicted octanol–water partition coefficient (Wildman–Crippen LogP) is 5.03. The Balaban J connectivity index is 1.73. The topological polar surface area (TPSA) is 41.1 Å². The van der Waals surface area contributed by atoms with Gasteiger partial charge in [0.1, 0.15) is 11.2 Å². The Kier molecular flexibility index (Phi) is 3.79. The summed E-state index contributed by atoms with van der Waals surface area (Å²) in [5.74, 6) is 0.663. The molecule has 2 heterocycles. The molecule has 120 valence electrons. The third-order valence-electron chi connectivity index (χ3n) is 4.58. The van der Waals surface area contributed by atoms with Crippen molar-refractivity contribution in [1.29, 1.82) is 0 Å². The van der Waals surface area contributed by atoms with Gasteiger partial charge in [-0.3, -0.25) is 4.79 Å². The van der Waals surface area contributed by atoms with E-state index in [1.165, 1.54) is 10.4 Å². The summed E-state index contributed by atoms with van der Waals surface area (Å²) in [6.07, 6.45) is 2.84. The number of rotatable bonds is 1. The van der Waals surface area contributed by atoms with Gasteiger partial charge in [0.15, 0.2) is 0 Å². The summed E-state index contributed by atoms with van der Waals surface area (Å²) in [5, 5.41) is 8.37. The van der Waals surface area contributed by atoms with Crippen molar-refractivity contribution in [3.8, 4) is 0 Å². The van der Waals surface area contributed by atoms with Crippen LogP contribution in [0.2, 0.25) is 10.0 Å². The Morgan fingerprint density at radius 3 is 2.91 bits per heavy atom. The van der Waals surface area contributed by atoms with Gasteiger partial charge in [0.25, 0.3) is 5.91 Å². The van der Waals surface area contributed by atoms with Gasteiger partial charge < -0.3 is 10.6 Å². The van der Waals surface area contributed by atoms with Crippen molar-refractivity contribution in [3.63, 3.8) is 0 Å². The molecular weight excluding hydrogens is 351 g/mol. The molecule has 6 heteroatoms. The highest BCUT2D eigenvalue weighted by Gasteiger charge is 2.33. The van der Waals surface area contributed by atoms with Crippen LogP contribution in [0.15, 0.2) is 18.2 Å². The van der Waals surface area contributed by atoms with Crippen LogP contribution in [0.25, 0.3) is 0 Å². The van der Waals surface area contributed by atoms with E-state index in [9.17, 15) is 4.79 Å². The summed E-state index contributed by atoms with van der Waals surface area (Å²) in [6, 6.07) is 5.47. The lowest BCUT2D eigenvalue weighted by Gasteiger charge is -2.27. The fourth-order valence-corrected chi connectivity index (χ4v) is 5.22. The van der Waals surface area contributed by atoms with Crippen LogP contribution in [-0.4, -0.2) is 5.91 Å². The largest absolute Gasteiger partial charge is 0.353 e. The van der Waals surface area contributed by atoms with Gasteiger partial charge in [-0.2, -0.15) is 0 Å². The van der Waals surface area contributed by atoms with Gasteiger partial charge in [0.2, 0.25) is 0 Å². The predicted molar refractivity (Wildman–Crippen MR) is 95.8 cm³/mol. The summed E-state index contributed by atoms with van der Waals surface area (Å²) < 4.78 is 0. The van der Waals surface area contributed by atoms with Gasteiger partial charge >= 0.3 is 0 Å². The molecule has 1 aromatic carbocycles. The maximum atomic E-state index is 12.7. The first kappa shape index (κ1) is 15.3. The van der Waals surface area contributed by atoms with Crippen LogP contribution in [-0.2, 0) is 12.8 Å². The molecule has 0 bridgehead atoms. The molecule has 1 aliphatic heterocycles. The Bertz CT molecular complexity index is 802. The number of benzene rings is 1. The SMILES string of the molecule is CC1CCc2c(sc3c2C(=O)NC(c2cccc(Cl)c2Cl)N3)C1. The van der Waals surface area contributed by atoms with Crippen LogP contribution in [0.1, 0.15) is 45.9 Å². The van der Waals surface area contributed by atoms with E-state index in [1.807, 2.05) is 12.1 Å². The summed E-state index contributed by atoms with van der Waals surface area (Å²) in [6.45, 7) is 2.27. The first-order valence-corrected chi connectivity index (χ1v) is 9.27. The number of fused-ring (bicyclic) bond motifs is 3. The third kappa shape index (κ3) is 2.53. The number of thiophene rings is 1. The molecule has 2 unspecified atom stereocenters. The first-order chi connectivity index (χ1) is 11.0. The van der Waals surface area contributed by atoms with E-state index in [2.05, 4.69) is 17.6 Å². The van der Waals surface area contributed by atoms with Crippen LogP contribution in [0, 0.1) is 5.92 Å². The van der Waals surface area contributed by atoms with E-state index in [4.69, 9.17) is 23.2 Å². The number of hydrogen-bond donors (Lipinski definition) is 2. The maximum absolute atomic E-state index is 12.7. The second-order valence-corrected chi connectivity index (χ2v) is 8.14. The fourth-order valence-electron chi connectivity index (χ4n) is 3.36. The normalized spacial score (nSPS) is 22.8. The lowest BCUT2D eigenvalue weighted by Crippen LogP contribution is -2.38. The lowest BCUT2D eigenvalue weighted by molar-refractivity contribution is 0.0935. The van der Waals surface area contributed by atoms with Crippen LogP contribution in [0.4, 0.5) is 5.00 Å². The zero-order valence-corrected chi connectivity index (χ0v) is 14.9. The molecule has 2 atom stereocenters. The summed E-state index contributed by atoms with van der Waals surface area (Å²) >= 11 is 14.1. The third-order valence-corrected chi connectivity index (χ3v) is 6.60. The van der Waals surface area contributed by atoms with Crippen molar-refractivity contribution in [2.45, 2.75) is 32.4 Å². The van der Waals surface area contributed by atoms with Crippen molar-refractivity contribution in [2.75, 3.05) is 5.32 Å². The molecule has 0 fully saturated rings. The molecule has 1 aliphatic carbocycles. The van der Waals surface area contributed by atoms with E-state index in [-0.39, 0.29) is 12.1 Å². The van der Waals surface area contributed by atoms with Crippen molar-refractivity contribution < 1.29 is 4.79 Å². The van der Waals surface area contributed by atoms with E-state index < -0.39 is 0 Å². The minimum atomic E-state index is -0.348. The molecule has 0 spiro atoms. The molecule has 2 aromatic rings. The maximum Gasteiger partial charge on any atom is 0.256 e. The highest BCUT2D eigenvalue weighted by Crippen LogP contribution is 2.43. The Hall–Kier alpha value is -1.23. The minimum absolute atomic E-state index is 0.0214. The summed E-state index contributed by atoms with van der Waals surface area (Å²) in [7, 11) is 0. The van der Waals surface area contributed by atoms with Gasteiger partial charge in [-0.05, 0) is 36.8 Å². The van der Waals surface area contributed by atoms with E-state index in [1.54, 1.807) is 17.4 Å². The Morgan fingerprint density at radius 2 is 2.09 bits per heavy atom. The molecule has 2 aliphatic rings. The summed E-state index contributed by atoms with van der Waals surface area (Å²) in [5.41, 5.74) is 2.84. The number of carbonyl (C=O) groups is 1. The number of halogens is 2. The highest BCUT2D eigenvalue weighted by atomic mass is 35.5. The molecule has 0 saturated heterocycles. The zero-order valence-electron chi connectivity index (χ0n) is 12.6. The molecule has 0 saturated carbocycles. The fraction of sp³-hybridized carbons (Fsp3) is 0.353. The number of amides is 1. The number of carbonyl (C=O) groups excluding carboxylic acids is 1. The molecule has 2 N–H and O–H groups in total. The standard InChI is InChI=1S/C17H16Cl2N2OS/c1-8-5-6-9-12(7-8)23-17-13(9)16(22)20-15(21-17)10-3-2-4-11(18)14(10)19/h2-4,8,15,21H,5-7H2,1H3,(H,20,22). The average Bonchev–Trinajstić information content (AvgIpc) is 2.87. The second-order valence-electron chi connectivity index (χ2n) is 6.25. The molecule has 1 amide bonds. The van der Waals surface area contributed by atoms with Crippen LogP contribution < -0.4 is 10.6 Å². The molecular formula is C17H16Cl2N2OS. The van der Waals surface area contributed by atoms with Gasteiger partial charge in [0, 0.05) is 10.4 Å². The van der Waals surface area contributed by atoms with Crippen molar-refractivity contribution in [3.05, 3.63) is 49.8 Å². The van der Waals surface area contributed by atoms with Gasteiger partial charge in [-0.1, -0.05) is 42.3 Å². The van der Waals surface area contributed by atoms with Gasteiger partial charge in [-0.15, -0.1) is 11.3 Å². The zero-order chi connectivity index (χ0) is 16.1. The Labute approximate surface area is 149 Å².